The molecular formula is C31H35N5O3. The molecule has 2 amide bonds. The number of hydrogen-bond acceptors (Lipinski definition) is 5. The van der Waals surface area contributed by atoms with E-state index in [0.29, 0.717) is 22.5 Å². The van der Waals surface area contributed by atoms with Crippen LogP contribution in [0.1, 0.15) is 56.3 Å². The third kappa shape index (κ3) is 5.50. The van der Waals surface area contributed by atoms with Crippen LogP contribution >= 0.6 is 0 Å². The third-order valence-corrected chi connectivity index (χ3v) is 7.60. The van der Waals surface area contributed by atoms with Gasteiger partial charge in [-0.05, 0) is 92.6 Å². The lowest BCUT2D eigenvalue weighted by Gasteiger charge is -2.35. The Morgan fingerprint density at radius 1 is 1.05 bits per heavy atom. The third-order valence-electron chi connectivity index (χ3n) is 7.60. The van der Waals surface area contributed by atoms with Gasteiger partial charge in [0.2, 0.25) is 11.8 Å². The van der Waals surface area contributed by atoms with Gasteiger partial charge in [0.25, 0.3) is 0 Å². The fourth-order valence-electron chi connectivity index (χ4n) is 5.10. The Bertz CT molecular complexity index is 1510. The minimum atomic E-state index is -0.923. The summed E-state index contributed by atoms with van der Waals surface area (Å²) in [6.07, 6.45) is 3.81. The van der Waals surface area contributed by atoms with Crippen LogP contribution in [0.3, 0.4) is 0 Å². The van der Waals surface area contributed by atoms with Gasteiger partial charge >= 0.3 is 0 Å². The fraction of sp³-hybridized carbons (Fsp3) is 0.355. The summed E-state index contributed by atoms with van der Waals surface area (Å²) in [4.78, 5) is 30.0. The van der Waals surface area contributed by atoms with Crippen LogP contribution < -0.4 is 15.0 Å². The monoisotopic (exact) mass is 525 g/mol. The number of fused-ring (bicyclic) bond motifs is 2. The van der Waals surface area contributed by atoms with Crippen molar-refractivity contribution in [3.05, 3.63) is 83.4 Å². The Labute approximate surface area is 229 Å². The summed E-state index contributed by atoms with van der Waals surface area (Å²) in [6, 6.07) is 20.1. The number of methoxy groups -OCH3 is 1. The highest BCUT2D eigenvalue weighted by molar-refractivity contribution is 6.02. The first kappa shape index (κ1) is 26.4. The van der Waals surface area contributed by atoms with E-state index in [4.69, 9.17) is 4.74 Å². The summed E-state index contributed by atoms with van der Waals surface area (Å²) >= 11 is 0. The number of hydrogen-bond donors (Lipinski definition) is 1. The van der Waals surface area contributed by atoms with E-state index < -0.39 is 11.6 Å². The van der Waals surface area contributed by atoms with Crippen molar-refractivity contribution >= 4 is 28.5 Å². The summed E-state index contributed by atoms with van der Waals surface area (Å²) in [6.45, 7) is 5.93. The van der Waals surface area contributed by atoms with Crippen LogP contribution in [-0.4, -0.2) is 39.5 Å². The first-order valence-electron chi connectivity index (χ1n) is 13.5. The molecule has 202 valence electrons. The highest BCUT2D eigenvalue weighted by Crippen LogP contribution is 2.34. The van der Waals surface area contributed by atoms with Gasteiger partial charge in [-0.2, -0.15) is 0 Å². The number of carbonyl (C=O) groups excluding carboxylic acids is 2. The van der Waals surface area contributed by atoms with Gasteiger partial charge in [-0.25, -0.2) is 4.68 Å². The Balaban J connectivity index is 1.63. The first-order valence-corrected chi connectivity index (χ1v) is 13.5. The summed E-state index contributed by atoms with van der Waals surface area (Å²) < 4.78 is 7.08. The molecule has 0 bridgehead atoms. The van der Waals surface area contributed by atoms with Gasteiger partial charge in [-0.15, -0.1) is 5.10 Å². The largest absolute Gasteiger partial charge is 0.497 e. The molecule has 1 aliphatic rings. The predicted molar refractivity (Wildman–Crippen MR) is 152 cm³/mol. The highest BCUT2D eigenvalue weighted by atomic mass is 16.5. The number of ether oxygens (including phenoxy) is 1. The van der Waals surface area contributed by atoms with Gasteiger partial charge in [0.1, 0.15) is 23.9 Å². The quantitative estimate of drug-likeness (QED) is 0.332. The molecule has 0 radical (unpaired) electrons. The van der Waals surface area contributed by atoms with Gasteiger partial charge in [-0.1, -0.05) is 42.5 Å². The second kappa shape index (κ2) is 10.9. The zero-order chi connectivity index (χ0) is 27.6. The maximum Gasteiger partial charge on any atom is 0.249 e. The Morgan fingerprint density at radius 2 is 1.85 bits per heavy atom. The number of aromatic nitrogens is 3. The van der Waals surface area contributed by atoms with Crippen molar-refractivity contribution in [2.75, 3.05) is 12.0 Å². The first-order chi connectivity index (χ1) is 18.8. The second-order valence-electron chi connectivity index (χ2n) is 10.7. The van der Waals surface area contributed by atoms with E-state index >= 15 is 0 Å². The van der Waals surface area contributed by atoms with Gasteiger partial charge in [-0.3, -0.25) is 14.5 Å². The number of aryl methyl sites for hydroxylation is 2. The SMILES string of the molecule is CCC(C)(C)NC(=O)C(c1cccc(OC)c1)N(C(=O)Cn1nnc2ccccc21)c1ccc2c(c1)CCC2. The number of benzene rings is 3. The molecule has 0 aliphatic heterocycles. The van der Waals surface area contributed by atoms with Gasteiger partial charge in [0.05, 0.1) is 12.6 Å². The molecule has 4 aromatic rings. The minimum Gasteiger partial charge on any atom is -0.497 e. The zero-order valence-electron chi connectivity index (χ0n) is 23.0. The zero-order valence-corrected chi connectivity index (χ0v) is 23.0. The highest BCUT2D eigenvalue weighted by Gasteiger charge is 2.36. The van der Waals surface area contributed by atoms with E-state index in [1.54, 1.807) is 16.7 Å². The van der Waals surface area contributed by atoms with Crippen molar-refractivity contribution in [1.29, 1.82) is 0 Å². The molecule has 0 spiro atoms. The van der Waals surface area contributed by atoms with Crippen molar-refractivity contribution < 1.29 is 14.3 Å². The molecule has 0 saturated heterocycles. The Kier molecular flexibility index (Phi) is 7.37. The summed E-state index contributed by atoms with van der Waals surface area (Å²) in [5.74, 6) is 0.0944. The molecule has 1 aromatic heterocycles. The second-order valence-corrected chi connectivity index (χ2v) is 10.7. The molecule has 8 nitrogen and oxygen atoms in total. The molecule has 1 atom stereocenters. The van der Waals surface area contributed by atoms with Crippen LogP contribution in [0, 0.1) is 0 Å². The molecule has 1 N–H and O–H groups in total. The standard InChI is InChI=1S/C31H35N5O3/c1-5-31(2,3)32-30(38)29(23-12-9-13-25(19-23)39-4)36(24-17-16-21-10-8-11-22(21)18-24)28(37)20-35-27-15-7-6-14-26(27)33-34-35/h6-7,9,12-19,29H,5,8,10-11,20H2,1-4H3,(H,32,38). The van der Waals surface area contributed by atoms with Crippen LogP contribution in [0.2, 0.25) is 0 Å². The molecule has 1 unspecified atom stereocenters. The minimum absolute atomic E-state index is 0.0669. The molecule has 3 aromatic carbocycles. The van der Waals surface area contributed by atoms with Gasteiger partial charge in [0, 0.05) is 11.2 Å². The Morgan fingerprint density at radius 3 is 2.64 bits per heavy atom. The van der Waals surface area contributed by atoms with E-state index in [0.717, 1.165) is 31.2 Å². The fourth-order valence-corrected chi connectivity index (χ4v) is 5.10. The molecule has 0 fully saturated rings. The van der Waals surface area contributed by atoms with E-state index in [1.165, 1.54) is 11.1 Å². The van der Waals surface area contributed by atoms with Crippen molar-refractivity contribution in [1.82, 2.24) is 20.3 Å². The number of nitrogens with one attached hydrogen (secondary N) is 1. The lowest BCUT2D eigenvalue weighted by molar-refractivity contribution is -0.128. The van der Waals surface area contributed by atoms with E-state index in [1.807, 2.05) is 75.4 Å². The molecule has 39 heavy (non-hydrogen) atoms. The lowest BCUT2D eigenvalue weighted by Crippen LogP contribution is -2.51. The number of nitrogens with zero attached hydrogens (tertiary/aromatic N) is 4. The number of anilines is 1. The number of carbonyl (C=O) groups is 2. The average Bonchev–Trinajstić information content (AvgIpc) is 3.58. The molecule has 8 heteroatoms. The van der Waals surface area contributed by atoms with Crippen LogP contribution in [0.4, 0.5) is 5.69 Å². The van der Waals surface area contributed by atoms with Gasteiger partial charge in [0.15, 0.2) is 0 Å². The number of amides is 2. The van der Waals surface area contributed by atoms with Crippen LogP contribution in [0.25, 0.3) is 11.0 Å². The maximum absolute atomic E-state index is 14.3. The summed E-state index contributed by atoms with van der Waals surface area (Å²) in [5.41, 5.74) is 4.87. The summed E-state index contributed by atoms with van der Waals surface area (Å²) in [5, 5.41) is 11.6. The van der Waals surface area contributed by atoms with Crippen molar-refractivity contribution in [2.24, 2.45) is 0 Å². The maximum atomic E-state index is 14.3. The number of para-hydroxylation sites is 1. The smallest absolute Gasteiger partial charge is 0.249 e. The van der Waals surface area contributed by atoms with Crippen molar-refractivity contribution in [3.63, 3.8) is 0 Å². The number of rotatable bonds is 9. The van der Waals surface area contributed by atoms with Gasteiger partial charge < -0.3 is 10.1 Å². The average molecular weight is 526 g/mol. The molecule has 1 heterocycles. The van der Waals surface area contributed by atoms with E-state index in [9.17, 15) is 9.59 Å². The Hall–Kier alpha value is -4.20. The van der Waals surface area contributed by atoms with E-state index in [-0.39, 0.29) is 18.4 Å². The van der Waals surface area contributed by atoms with E-state index in [2.05, 4.69) is 27.8 Å². The normalized spacial score (nSPS) is 13.6. The molecule has 0 saturated carbocycles. The molecule has 1 aliphatic carbocycles. The predicted octanol–water partition coefficient (Wildman–Crippen LogP) is 5.01. The topological polar surface area (TPSA) is 89.4 Å². The molecular weight excluding hydrogens is 490 g/mol. The van der Waals surface area contributed by atoms with Crippen molar-refractivity contribution in [2.45, 2.75) is 64.6 Å². The van der Waals surface area contributed by atoms with Crippen molar-refractivity contribution in [3.8, 4) is 5.75 Å². The lowest BCUT2D eigenvalue weighted by atomic mass is 9.97. The van der Waals surface area contributed by atoms with Crippen LogP contribution in [0.5, 0.6) is 5.75 Å². The van der Waals surface area contributed by atoms with Crippen LogP contribution in [-0.2, 0) is 29.0 Å². The molecule has 5 rings (SSSR count). The van der Waals surface area contributed by atoms with Crippen LogP contribution in [0.15, 0.2) is 66.7 Å². The summed E-state index contributed by atoms with van der Waals surface area (Å²) in [7, 11) is 1.59.